The molecule has 0 atom stereocenters. The number of urea groups is 1. The fraction of sp³-hybridized carbons (Fsp3) is 0.333. The minimum atomic E-state index is -4.56. The lowest BCUT2D eigenvalue weighted by molar-refractivity contribution is -0.138. The van der Waals surface area contributed by atoms with Crippen LogP contribution < -0.4 is 16.4 Å². The van der Waals surface area contributed by atoms with Crippen LogP contribution in [-0.2, 0) is 19.8 Å². The van der Waals surface area contributed by atoms with E-state index >= 15 is 0 Å². The van der Waals surface area contributed by atoms with Gasteiger partial charge in [0.05, 0.1) is 18.0 Å². The number of nitrogens with zero attached hydrogens (tertiary/aromatic N) is 6. The maximum Gasteiger partial charge on any atom is 0.416 e. The second-order valence-electron chi connectivity index (χ2n) is 8.64. The molecular weight excluding hydrogens is 487 g/mol. The van der Waals surface area contributed by atoms with Crippen LogP contribution >= 0.6 is 0 Å². The van der Waals surface area contributed by atoms with Crippen LogP contribution in [0.2, 0.25) is 0 Å². The van der Waals surface area contributed by atoms with Gasteiger partial charge in [-0.3, -0.25) is 14.9 Å². The molecule has 4 rings (SSSR count). The van der Waals surface area contributed by atoms with Gasteiger partial charge in [0.1, 0.15) is 17.2 Å². The highest BCUT2D eigenvalue weighted by atomic mass is 19.4. The number of aromatic nitrogens is 4. The van der Waals surface area contributed by atoms with Crippen LogP contribution in [0.25, 0.3) is 0 Å². The van der Waals surface area contributed by atoms with Crippen molar-refractivity contribution in [1.82, 2.24) is 29.5 Å². The van der Waals surface area contributed by atoms with E-state index in [-0.39, 0.29) is 29.4 Å². The maximum absolute atomic E-state index is 13.8. The van der Waals surface area contributed by atoms with Crippen molar-refractivity contribution in [3.8, 4) is 11.8 Å². The van der Waals surface area contributed by atoms with Crippen LogP contribution in [0.5, 0.6) is 0 Å². The van der Waals surface area contributed by atoms with Crippen LogP contribution in [0.4, 0.5) is 35.3 Å². The number of aryl methyl sites for hydroxylation is 1. The molecule has 3 heterocycles. The molecule has 0 saturated carbocycles. The van der Waals surface area contributed by atoms with E-state index in [0.717, 1.165) is 19.2 Å². The summed E-state index contributed by atoms with van der Waals surface area (Å²) in [7, 11) is 3.62. The van der Waals surface area contributed by atoms with E-state index in [1.54, 1.807) is 7.05 Å². The summed E-state index contributed by atoms with van der Waals surface area (Å²) in [6.45, 7) is 3.18. The lowest BCUT2D eigenvalue weighted by Gasteiger charge is -2.33. The largest absolute Gasteiger partial charge is 0.416 e. The Bertz CT molecular complexity index is 1320. The Morgan fingerprint density at radius 1 is 1.05 bits per heavy atom. The van der Waals surface area contributed by atoms with Gasteiger partial charge in [-0.2, -0.15) is 18.3 Å². The molecule has 0 bridgehead atoms. The van der Waals surface area contributed by atoms with Gasteiger partial charge >= 0.3 is 12.2 Å². The molecule has 1 saturated heterocycles. The first kappa shape index (κ1) is 25.9. The summed E-state index contributed by atoms with van der Waals surface area (Å²) in [5.41, 5.74) is 5.79. The minimum Gasteiger partial charge on any atom is -0.382 e. The molecule has 4 N–H and O–H groups in total. The zero-order valence-corrected chi connectivity index (χ0v) is 20.3. The number of piperazine rings is 1. The summed E-state index contributed by atoms with van der Waals surface area (Å²) < 4.78 is 42.8. The number of benzene rings is 1. The first-order valence-corrected chi connectivity index (χ1v) is 11.4. The molecule has 13 heteroatoms. The first-order valence-electron chi connectivity index (χ1n) is 11.4. The quantitative estimate of drug-likeness (QED) is 0.459. The number of carbonyl (C=O) groups is 1. The van der Waals surface area contributed by atoms with Crippen LogP contribution in [0, 0.1) is 11.8 Å². The number of nitrogens with one attached hydrogen (secondary N) is 2. The van der Waals surface area contributed by atoms with Gasteiger partial charge in [-0.15, -0.1) is 0 Å². The Kier molecular flexibility index (Phi) is 7.61. The molecule has 194 valence electrons. The number of anilines is 3. The monoisotopic (exact) mass is 513 g/mol. The average molecular weight is 514 g/mol. The van der Waals surface area contributed by atoms with Crippen molar-refractivity contribution < 1.29 is 18.0 Å². The summed E-state index contributed by atoms with van der Waals surface area (Å²) in [6.07, 6.45) is -1.75. The van der Waals surface area contributed by atoms with E-state index in [0.29, 0.717) is 24.5 Å². The van der Waals surface area contributed by atoms with Crippen molar-refractivity contribution >= 4 is 23.4 Å². The Morgan fingerprint density at radius 2 is 1.81 bits per heavy atom. The van der Waals surface area contributed by atoms with E-state index < -0.39 is 17.8 Å². The Balaban J connectivity index is 1.42. The van der Waals surface area contributed by atoms with Gasteiger partial charge in [-0.1, -0.05) is 6.07 Å². The van der Waals surface area contributed by atoms with Gasteiger partial charge < -0.3 is 16.0 Å². The van der Waals surface area contributed by atoms with Crippen LogP contribution in [0.1, 0.15) is 22.5 Å². The Hall–Kier alpha value is -4.15. The first-order chi connectivity index (χ1) is 17.6. The summed E-state index contributed by atoms with van der Waals surface area (Å²) in [6, 6.07) is 4.61. The van der Waals surface area contributed by atoms with Gasteiger partial charge in [0.15, 0.2) is 5.82 Å². The van der Waals surface area contributed by atoms with Gasteiger partial charge in [0.25, 0.3) is 0 Å². The summed E-state index contributed by atoms with van der Waals surface area (Å²) in [5.74, 6) is 6.12. The molecule has 1 aromatic carbocycles. The van der Waals surface area contributed by atoms with Crippen LogP contribution in [-0.4, -0.2) is 68.8 Å². The standard InChI is InChI=1S/C24H26F3N9O/c1-34-7-9-36(10-8-34)15-16-3-4-17(11-20(16)24(25,26)27)31-23(37)32-22-12-19(35(2)33-22)6-5-18-13-30-21(28)14-29-18/h3-4,11-14H,7-10,15H2,1-2H3,(H2,28,30)(H2,31,32,33,37). The number of nitrogen functional groups attached to an aromatic ring is 1. The number of nitrogens with two attached hydrogens (primary N) is 1. The molecule has 0 radical (unpaired) electrons. The van der Waals surface area contributed by atoms with Crippen molar-refractivity contribution in [2.75, 3.05) is 49.6 Å². The predicted octanol–water partition coefficient (Wildman–Crippen LogP) is 2.60. The number of amides is 2. The number of rotatable bonds is 4. The van der Waals surface area contributed by atoms with E-state index in [1.165, 1.54) is 35.3 Å². The third-order valence-corrected chi connectivity index (χ3v) is 5.77. The van der Waals surface area contributed by atoms with Crippen molar-refractivity contribution in [2.45, 2.75) is 12.7 Å². The van der Waals surface area contributed by atoms with E-state index in [9.17, 15) is 18.0 Å². The van der Waals surface area contributed by atoms with E-state index in [1.807, 2.05) is 11.9 Å². The second kappa shape index (κ2) is 10.9. The number of halogens is 3. The van der Waals surface area contributed by atoms with Crippen molar-refractivity contribution in [3.05, 3.63) is 59.2 Å². The molecule has 0 spiro atoms. The number of hydrogen-bond donors (Lipinski definition) is 3. The van der Waals surface area contributed by atoms with Crippen molar-refractivity contribution in [2.24, 2.45) is 7.05 Å². The minimum absolute atomic E-state index is 0.0184. The van der Waals surface area contributed by atoms with Crippen LogP contribution in [0.15, 0.2) is 36.7 Å². The third-order valence-electron chi connectivity index (χ3n) is 5.77. The van der Waals surface area contributed by atoms with Crippen LogP contribution in [0.3, 0.4) is 0 Å². The molecule has 2 aromatic heterocycles. The molecule has 0 aliphatic carbocycles. The number of alkyl halides is 3. The lowest BCUT2D eigenvalue weighted by atomic mass is 10.0. The van der Waals surface area contributed by atoms with E-state index in [4.69, 9.17) is 5.73 Å². The number of likely N-dealkylation sites (N-methyl/N-ethyl adjacent to an activating group) is 1. The molecule has 2 amide bonds. The Morgan fingerprint density at radius 3 is 2.49 bits per heavy atom. The highest BCUT2D eigenvalue weighted by Gasteiger charge is 2.34. The van der Waals surface area contributed by atoms with Gasteiger partial charge in [-0.05, 0) is 36.6 Å². The summed E-state index contributed by atoms with van der Waals surface area (Å²) >= 11 is 0. The molecule has 1 aliphatic heterocycles. The van der Waals surface area contributed by atoms with Crippen molar-refractivity contribution in [3.63, 3.8) is 0 Å². The molecule has 1 fully saturated rings. The van der Waals surface area contributed by atoms with Gasteiger partial charge in [-0.25, -0.2) is 14.8 Å². The molecule has 0 unspecified atom stereocenters. The third kappa shape index (κ3) is 6.96. The average Bonchev–Trinajstić information content (AvgIpc) is 3.19. The van der Waals surface area contributed by atoms with Crippen molar-refractivity contribution in [1.29, 1.82) is 0 Å². The van der Waals surface area contributed by atoms with E-state index in [2.05, 4.69) is 42.4 Å². The SMILES string of the molecule is CN1CCN(Cc2ccc(NC(=O)Nc3cc(C#Cc4cnc(N)cn4)n(C)n3)cc2C(F)(F)F)CC1. The fourth-order valence-corrected chi connectivity index (χ4v) is 3.76. The smallest absolute Gasteiger partial charge is 0.382 e. The summed E-state index contributed by atoms with van der Waals surface area (Å²) in [5, 5.41) is 9.11. The normalized spacial score (nSPS) is 14.6. The highest BCUT2D eigenvalue weighted by Crippen LogP contribution is 2.34. The fourth-order valence-electron chi connectivity index (χ4n) is 3.76. The zero-order valence-electron chi connectivity index (χ0n) is 20.3. The number of hydrogen-bond acceptors (Lipinski definition) is 7. The molecule has 3 aromatic rings. The number of carbonyl (C=O) groups excluding carboxylic acids is 1. The molecular formula is C24H26F3N9O. The lowest BCUT2D eigenvalue weighted by Crippen LogP contribution is -2.44. The zero-order chi connectivity index (χ0) is 26.6. The molecule has 37 heavy (non-hydrogen) atoms. The molecule has 10 nitrogen and oxygen atoms in total. The highest BCUT2D eigenvalue weighted by molar-refractivity contribution is 5.99. The summed E-state index contributed by atoms with van der Waals surface area (Å²) in [4.78, 5) is 24.5. The van der Waals surface area contributed by atoms with Gasteiger partial charge in [0, 0.05) is 51.5 Å². The maximum atomic E-state index is 13.8. The second-order valence-corrected chi connectivity index (χ2v) is 8.64. The van der Waals surface area contributed by atoms with Gasteiger partial charge in [0.2, 0.25) is 0 Å². The molecule has 1 aliphatic rings. The Labute approximate surface area is 211 Å². The topological polar surface area (TPSA) is 117 Å². The predicted molar refractivity (Wildman–Crippen MR) is 132 cm³/mol.